The number of methoxy groups -OCH3 is 1. The van der Waals surface area contributed by atoms with Gasteiger partial charge in [-0.05, 0) is 37.0 Å². The molecule has 1 heterocycles. The summed E-state index contributed by atoms with van der Waals surface area (Å²) >= 11 is 6.00. The molecule has 9 heteroatoms. The second-order valence-electron chi connectivity index (χ2n) is 9.24. The van der Waals surface area contributed by atoms with E-state index in [9.17, 15) is 14.4 Å². The maximum Gasteiger partial charge on any atom is 0.249 e. The SMILES string of the molecule is COCC(=O)N(C1CCCCC1)[C@H]1CCN(C(=O)[C@@H](Cc2ccc(Cl)cc2)NC(=O)CCN)C1. The molecule has 34 heavy (non-hydrogen) atoms. The molecule has 0 spiro atoms. The normalized spacial score (nSPS) is 19.6. The predicted octanol–water partition coefficient (Wildman–Crippen LogP) is 2.12. The number of hydrogen-bond donors (Lipinski definition) is 2. The smallest absolute Gasteiger partial charge is 0.249 e. The van der Waals surface area contributed by atoms with Crippen LogP contribution in [0.2, 0.25) is 5.02 Å². The number of hydrogen-bond acceptors (Lipinski definition) is 5. The van der Waals surface area contributed by atoms with Gasteiger partial charge in [-0.2, -0.15) is 0 Å². The molecule has 3 amide bonds. The lowest BCUT2D eigenvalue weighted by Gasteiger charge is -2.38. The molecular weight excluding hydrogens is 456 g/mol. The highest BCUT2D eigenvalue weighted by molar-refractivity contribution is 6.30. The van der Waals surface area contributed by atoms with Crippen molar-refractivity contribution in [1.29, 1.82) is 0 Å². The van der Waals surface area contributed by atoms with Gasteiger partial charge in [0.2, 0.25) is 17.7 Å². The van der Waals surface area contributed by atoms with Gasteiger partial charge in [0.1, 0.15) is 12.6 Å². The first-order chi connectivity index (χ1) is 16.4. The van der Waals surface area contributed by atoms with Crippen LogP contribution in [-0.2, 0) is 25.5 Å². The lowest BCUT2D eigenvalue weighted by Crippen LogP contribution is -2.52. The fourth-order valence-electron chi connectivity index (χ4n) is 5.11. The minimum atomic E-state index is -0.697. The Hall–Kier alpha value is -2.16. The topological polar surface area (TPSA) is 105 Å². The van der Waals surface area contributed by atoms with E-state index in [1.165, 1.54) is 13.5 Å². The maximum atomic E-state index is 13.5. The largest absolute Gasteiger partial charge is 0.375 e. The van der Waals surface area contributed by atoms with Gasteiger partial charge in [-0.25, -0.2) is 0 Å². The molecule has 1 aliphatic heterocycles. The van der Waals surface area contributed by atoms with Gasteiger partial charge in [-0.1, -0.05) is 43.0 Å². The molecule has 2 aliphatic rings. The molecule has 0 unspecified atom stereocenters. The zero-order valence-electron chi connectivity index (χ0n) is 20.0. The molecule has 1 saturated heterocycles. The molecule has 0 radical (unpaired) electrons. The molecule has 0 bridgehead atoms. The first kappa shape index (κ1) is 26.4. The van der Waals surface area contributed by atoms with Crippen molar-refractivity contribution in [1.82, 2.24) is 15.1 Å². The van der Waals surface area contributed by atoms with Crippen LogP contribution in [0.1, 0.15) is 50.5 Å². The van der Waals surface area contributed by atoms with Crippen LogP contribution < -0.4 is 11.1 Å². The lowest BCUT2D eigenvalue weighted by molar-refractivity contribution is -0.142. The number of carbonyl (C=O) groups excluding carboxylic acids is 3. The number of ether oxygens (including phenoxy) is 1. The van der Waals surface area contributed by atoms with Crippen LogP contribution in [0.15, 0.2) is 24.3 Å². The number of halogens is 1. The van der Waals surface area contributed by atoms with Crippen molar-refractivity contribution in [3.63, 3.8) is 0 Å². The highest BCUT2D eigenvalue weighted by Gasteiger charge is 2.38. The summed E-state index contributed by atoms with van der Waals surface area (Å²) in [5, 5.41) is 3.48. The Morgan fingerprint density at radius 1 is 1.15 bits per heavy atom. The van der Waals surface area contributed by atoms with E-state index in [1.807, 2.05) is 17.0 Å². The van der Waals surface area contributed by atoms with E-state index < -0.39 is 6.04 Å². The van der Waals surface area contributed by atoms with Crippen molar-refractivity contribution in [3.8, 4) is 0 Å². The number of nitrogens with zero attached hydrogens (tertiary/aromatic N) is 2. The Labute approximate surface area is 207 Å². The molecule has 188 valence electrons. The first-order valence-electron chi connectivity index (χ1n) is 12.3. The van der Waals surface area contributed by atoms with E-state index >= 15 is 0 Å². The van der Waals surface area contributed by atoms with Gasteiger partial charge in [0.05, 0.1) is 6.04 Å². The molecular formula is C25H37ClN4O4. The molecule has 2 atom stereocenters. The van der Waals surface area contributed by atoms with E-state index in [4.69, 9.17) is 22.1 Å². The Morgan fingerprint density at radius 3 is 2.50 bits per heavy atom. The zero-order chi connectivity index (χ0) is 24.5. The summed E-state index contributed by atoms with van der Waals surface area (Å²) in [5.74, 6) is -0.391. The summed E-state index contributed by atoms with van der Waals surface area (Å²) < 4.78 is 5.15. The molecule has 1 saturated carbocycles. The summed E-state index contributed by atoms with van der Waals surface area (Å²) in [4.78, 5) is 42.5. The average molecular weight is 493 g/mol. The minimum absolute atomic E-state index is 0.0114. The summed E-state index contributed by atoms with van der Waals surface area (Å²) in [6, 6.07) is 6.73. The molecule has 2 fully saturated rings. The second-order valence-corrected chi connectivity index (χ2v) is 9.68. The monoisotopic (exact) mass is 492 g/mol. The Morgan fingerprint density at radius 2 is 1.85 bits per heavy atom. The number of amides is 3. The van der Waals surface area contributed by atoms with Gasteiger partial charge in [-0.15, -0.1) is 0 Å². The summed E-state index contributed by atoms with van der Waals surface area (Å²) in [6.45, 7) is 1.29. The minimum Gasteiger partial charge on any atom is -0.375 e. The van der Waals surface area contributed by atoms with Gasteiger partial charge in [-0.3, -0.25) is 14.4 Å². The lowest BCUT2D eigenvalue weighted by atomic mass is 9.93. The molecule has 0 aromatic heterocycles. The molecule has 3 N–H and O–H groups in total. The Bertz CT molecular complexity index is 829. The van der Waals surface area contributed by atoms with Crippen LogP contribution >= 0.6 is 11.6 Å². The van der Waals surface area contributed by atoms with Crippen LogP contribution in [0.4, 0.5) is 0 Å². The van der Waals surface area contributed by atoms with Crippen molar-refractivity contribution in [2.45, 2.75) is 69.5 Å². The van der Waals surface area contributed by atoms with Crippen molar-refractivity contribution in [2.24, 2.45) is 5.73 Å². The van der Waals surface area contributed by atoms with Crippen LogP contribution in [0, 0.1) is 0 Å². The number of nitrogens with two attached hydrogens (primary N) is 1. The standard InChI is InChI=1S/C25H37ClN4O4/c1-34-17-24(32)30(20-5-3-2-4-6-20)21-12-14-29(16-21)25(33)22(28-23(31)11-13-27)15-18-7-9-19(26)10-8-18/h7-10,20-22H,2-6,11-17,27H2,1H3,(H,28,31)/t21-,22+/m0/s1. The molecule has 3 rings (SSSR count). The van der Waals surface area contributed by atoms with Crippen molar-refractivity contribution < 1.29 is 19.1 Å². The number of nitrogens with one attached hydrogen (secondary N) is 1. The predicted molar refractivity (Wildman–Crippen MR) is 131 cm³/mol. The van der Waals surface area contributed by atoms with Gasteiger partial charge in [0, 0.05) is 50.7 Å². The Balaban J connectivity index is 1.72. The summed E-state index contributed by atoms with van der Waals surface area (Å²) in [5.41, 5.74) is 6.44. The van der Waals surface area contributed by atoms with Crippen LogP contribution in [-0.4, -0.2) is 79.0 Å². The highest BCUT2D eigenvalue weighted by Crippen LogP contribution is 2.28. The van der Waals surface area contributed by atoms with Gasteiger partial charge in [0.25, 0.3) is 0 Å². The molecule has 1 aromatic rings. The number of benzene rings is 1. The van der Waals surface area contributed by atoms with Gasteiger partial charge < -0.3 is 25.6 Å². The molecule has 1 aliphatic carbocycles. The number of likely N-dealkylation sites (tertiary alicyclic amines) is 1. The van der Waals surface area contributed by atoms with E-state index in [0.29, 0.717) is 24.5 Å². The van der Waals surface area contributed by atoms with Crippen molar-refractivity contribution in [2.75, 3.05) is 33.4 Å². The fourth-order valence-corrected chi connectivity index (χ4v) is 5.23. The fraction of sp³-hybridized carbons (Fsp3) is 0.640. The molecule has 8 nitrogen and oxygen atoms in total. The summed E-state index contributed by atoms with van der Waals surface area (Å²) in [6.07, 6.45) is 6.67. The van der Waals surface area contributed by atoms with E-state index in [-0.39, 0.29) is 49.4 Å². The number of rotatable bonds is 10. The van der Waals surface area contributed by atoms with Gasteiger partial charge in [0.15, 0.2) is 0 Å². The maximum absolute atomic E-state index is 13.5. The average Bonchev–Trinajstić information content (AvgIpc) is 3.30. The van der Waals surface area contributed by atoms with Crippen LogP contribution in [0.25, 0.3) is 0 Å². The van der Waals surface area contributed by atoms with Crippen molar-refractivity contribution in [3.05, 3.63) is 34.9 Å². The quantitative estimate of drug-likeness (QED) is 0.520. The third-order valence-electron chi connectivity index (χ3n) is 6.75. The van der Waals surface area contributed by atoms with E-state index in [0.717, 1.165) is 37.7 Å². The Kier molecular flexibility index (Phi) is 10.2. The highest BCUT2D eigenvalue weighted by atomic mass is 35.5. The second kappa shape index (κ2) is 13.1. The summed E-state index contributed by atoms with van der Waals surface area (Å²) in [7, 11) is 1.53. The zero-order valence-corrected chi connectivity index (χ0v) is 20.8. The third-order valence-corrected chi connectivity index (χ3v) is 7.00. The van der Waals surface area contributed by atoms with Crippen LogP contribution in [0.3, 0.4) is 0 Å². The third kappa shape index (κ3) is 7.17. The number of carbonyl (C=O) groups is 3. The van der Waals surface area contributed by atoms with Crippen LogP contribution in [0.5, 0.6) is 0 Å². The van der Waals surface area contributed by atoms with Gasteiger partial charge >= 0.3 is 0 Å². The first-order valence-corrected chi connectivity index (χ1v) is 12.6. The van der Waals surface area contributed by atoms with Crippen molar-refractivity contribution >= 4 is 29.3 Å². The molecule has 1 aromatic carbocycles. The van der Waals surface area contributed by atoms with E-state index in [2.05, 4.69) is 5.32 Å². The van der Waals surface area contributed by atoms with E-state index in [1.54, 1.807) is 17.0 Å².